The summed E-state index contributed by atoms with van der Waals surface area (Å²) in [5.74, 6) is 0.450. The molecule has 1 amide bonds. The first-order valence-electron chi connectivity index (χ1n) is 5.26. The first kappa shape index (κ1) is 11.4. The van der Waals surface area contributed by atoms with Crippen LogP contribution in [0.4, 0.5) is 4.79 Å². The SMILES string of the molecule is CNC(=O)Oc1cc(CO)cc2ccccc12. The fraction of sp³-hybridized carbons (Fsp3) is 0.154. The maximum atomic E-state index is 11.2. The zero-order valence-electron chi connectivity index (χ0n) is 9.43. The molecule has 0 fully saturated rings. The number of nitrogens with one attached hydrogen (secondary N) is 1. The Balaban J connectivity index is 2.54. The Labute approximate surface area is 98.8 Å². The summed E-state index contributed by atoms with van der Waals surface area (Å²) in [6, 6.07) is 11.1. The highest BCUT2D eigenvalue weighted by atomic mass is 16.6. The highest BCUT2D eigenvalue weighted by Gasteiger charge is 2.08. The molecule has 4 heteroatoms. The number of hydrogen-bond acceptors (Lipinski definition) is 3. The third-order valence-corrected chi connectivity index (χ3v) is 2.47. The van der Waals surface area contributed by atoms with Crippen molar-refractivity contribution in [3.05, 3.63) is 42.0 Å². The number of carbonyl (C=O) groups is 1. The van der Waals surface area contributed by atoms with Gasteiger partial charge in [-0.15, -0.1) is 0 Å². The first-order valence-corrected chi connectivity index (χ1v) is 5.26. The molecular formula is C13H13NO3. The number of amides is 1. The summed E-state index contributed by atoms with van der Waals surface area (Å²) in [5.41, 5.74) is 0.711. The van der Waals surface area contributed by atoms with Gasteiger partial charge in [0.15, 0.2) is 0 Å². The minimum absolute atomic E-state index is 0.0884. The maximum Gasteiger partial charge on any atom is 0.412 e. The molecule has 2 rings (SSSR count). The van der Waals surface area contributed by atoms with E-state index in [9.17, 15) is 4.79 Å². The minimum atomic E-state index is -0.523. The van der Waals surface area contributed by atoms with Crippen LogP contribution in [0.5, 0.6) is 5.75 Å². The summed E-state index contributed by atoms with van der Waals surface area (Å²) in [6.45, 7) is -0.0884. The minimum Gasteiger partial charge on any atom is -0.410 e. The molecule has 0 bridgehead atoms. The summed E-state index contributed by atoms with van der Waals surface area (Å²) in [5, 5.41) is 13.3. The van der Waals surface area contributed by atoms with Gasteiger partial charge in [-0.1, -0.05) is 24.3 Å². The van der Waals surface area contributed by atoms with Gasteiger partial charge in [0.05, 0.1) is 6.61 Å². The van der Waals surface area contributed by atoms with Crippen LogP contribution in [0.1, 0.15) is 5.56 Å². The second-order valence-electron chi connectivity index (χ2n) is 3.61. The zero-order valence-corrected chi connectivity index (χ0v) is 9.43. The lowest BCUT2D eigenvalue weighted by Crippen LogP contribution is -2.22. The number of hydrogen-bond donors (Lipinski definition) is 2. The molecule has 17 heavy (non-hydrogen) atoms. The Morgan fingerprint density at radius 2 is 2.12 bits per heavy atom. The van der Waals surface area contributed by atoms with E-state index in [0.717, 1.165) is 10.8 Å². The number of aliphatic hydroxyl groups excluding tert-OH is 1. The van der Waals surface area contributed by atoms with Crippen molar-refractivity contribution in [1.82, 2.24) is 5.32 Å². The summed E-state index contributed by atoms with van der Waals surface area (Å²) < 4.78 is 5.16. The number of rotatable bonds is 2. The number of aliphatic hydroxyl groups is 1. The van der Waals surface area contributed by atoms with Gasteiger partial charge in [0.2, 0.25) is 0 Å². The predicted molar refractivity (Wildman–Crippen MR) is 65.0 cm³/mol. The van der Waals surface area contributed by atoms with Crippen molar-refractivity contribution in [1.29, 1.82) is 0 Å². The van der Waals surface area contributed by atoms with E-state index in [1.165, 1.54) is 7.05 Å². The van der Waals surface area contributed by atoms with Crippen LogP contribution >= 0.6 is 0 Å². The van der Waals surface area contributed by atoms with Gasteiger partial charge in [-0.05, 0) is 23.1 Å². The Kier molecular flexibility index (Phi) is 3.25. The predicted octanol–water partition coefficient (Wildman–Crippen LogP) is 2.05. The molecule has 0 aromatic heterocycles. The molecular weight excluding hydrogens is 218 g/mol. The summed E-state index contributed by atoms with van der Waals surface area (Å²) in [7, 11) is 1.50. The molecule has 88 valence electrons. The monoisotopic (exact) mass is 231 g/mol. The molecule has 2 N–H and O–H groups in total. The number of ether oxygens (including phenoxy) is 1. The van der Waals surface area contributed by atoms with E-state index in [-0.39, 0.29) is 6.61 Å². The average Bonchev–Trinajstić information content (AvgIpc) is 2.38. The fourth-order valence-corrected chi connectivity index (χ4v) is 1.66. The molecule has 0 aliphatic heterocycles. The number of carbonyl (C=O) groups excluding carboxylic acids is 1. The average molecular weight is 231 g/mol. The van der Waals surface area contributed by atoms with E-state index in [1.807, 2.05) is 30.3 Å². The molecule has 0 unspecified atom stereocenters. The van der Waals surface area contributed by atoms with Gasteiger partial charge in [-0.3, -0.25) is 0 Å². The number of fused-ring (bicyclic) bond motifs is 1. The highest BCUT2D eigenvalue weighted by molar-refractivity contribution is 5.90. The Morgan fingerprint density at radius 3 is 2.82 bits per heavy atom. The van der Waals surface area contributed by atoms with Crippen molar-refractivity contribution in [3.8, 4) is 5.75 Å². The molecule has 2 aromatic rings. The van der Waals surface area contributed by atoms with Crippen molar-refractivity contribution in [2.75, 3.05) is 7.05 Å². The summed E-state index contributed by atoms with van der Waals surface area (Å²) in [4.78, 5) is 11.2. The molecule has 2 aromatic carbocycles. The van der Waals surface area contributed by atoms with Crippen LogP contribution in [0.2, 0.25) is 0 Å². The van der Waals surface area contributed by atoms with Gasteiger partial charge < -0.3 is 15.2 Å². The van der Waals surface area contributed by atoms with Crippen LogP contribution in [0.15, 0.2) is 36.4 Å². The standard InChI is InChI=1S/C13H13NO3/c1-14-13(16)17-12-7-9(8-15)6-10-4-2-3-5-11(10)12/h2-7,15H,8H2,1H3,(H,14,16). The molecule has 0 radical (unpaired) electrons. The van der Waals surface area contributed by atoms with Gasteiger partial charge in [0, 0.05) is 12.4 Å². The van der Waals surface area contributed by atoms with Crippen LogP contribution in [-0.4, -0.2) is 18.2 Å². The molecule has 0 saturated carbocycles. The molecule has 0 heterocycles. The van der Waals surface area contributed by atoms with Crippen LogP contribution in [-0.2, 0) is 6.61 Å². The smallest absolute Gasteiger partial charge is 0.410 e. The van der Waals surface area contributed by atoms with Crippen molar-refractivity contribution in [3.63, 3.8) is 0 Å². The first-order chi connectivity index (χ1) is 8.24. The van der Waals surface area contributed by atoms with Gasteiger partial charge in [0.25, 0.3) is 0 Å². The molecule has 4 nitrogen and oxygen atoms in total. The zero-order chi connectivity index (χ0) is 12.3. The third kappa shape index (κ3) is 2.37. The van der Waals surface area contributed by atoms with Gasteiger partial charge in [-0.25, -0.2) is 4.79 Å². The summed E-state index contributed by atoms with van der Waals surface area (Å²) >= 11 is 0. The molecule has 0 atom stereocenters. The Hall–Kier alpha value is -2.07. The van der Waals surface area contributed by atoms with Gasteiger partial charge >= 0.3 is 6.09 Å². The lowest BCUT2D eigenvalue weighted by Gasteiger charge is -2.09. The van der Waals surface area contributed by atoms with E-state index in [4.69, 9.17) is 9.84 Å². The maximum absolute atomic E-state index is 11.2. The fourth-order valence-electron chi connectivity index (χ4n) is 1.66. The van der Waals surface area contributed by atoms with E-state index >= 15 is 0 Å². The van der Waals surface area contributed by atoms with Crippen molar-refractivity contribution in [2.45, 2.75) is 6.61 Å². The van der Waals surface area contributed by atoms with Crippen LogP contribution in [0.25, 0.3) is 10.8 Å². The molecule has 0 aliphatic carbocycles. The second-order valence-corrected chi connectivity index (χ2v) is 3.61. The third-order valence-electron chi connectivity index (χ3n) is 2.47. The molecule has 0 aliphatic rings. The largest absolute Gasteiger partial charge is 0.412 e. The van der Waals surface area contributed by atoms with Crippen molar-refractivity contribution < 1.29 is 14.6 Å². The topological polar surface area (TPSA) is 58.6 Å². The van der Waals surface area contributed by atoms with Crippen LogP contribution in [0, 0.1) is 0 Å². The van der Waals surface area contributed by atoms with Crippen molar-refractivity contribution in [2.24, 2.45) is 0 Å². The van der Waals surface area contributed by atoms with E-state index in [0.29, 0.717) is 11.3 Å². The molecule has 0 saturated heterocycles. The lowest BCUT2D eigenvalue weighted by atomic mass is 10.1. The number of benzene rings is 2. The van der Waals surface area contributed by atoms with Gasteiger partial charge in [-0.2, -0.15) is 0 Å². The second kappa shape index (κ2) is 4.84. The quantitative estimate of drug-likeness (QED) is 0.831. The Morgan fingerprint density at radius 1 is 1.35 bits per heavy atom. The highest BCUT2D eigenvalue weighted by Crippen LogP contribution is 2.27. The summed E-state index contributed by atoms with van der Waals surface area (Å²) in [6.07, 6.45) is -0.523. The van der Waals surface area contributed by atoms with E-state index < -0.39 is 6.09 Å². The molecule has 0 spiro atoms. The van der Waals surface area contributed by atoms with Crippen molar-refractivity contribution >= 4 is 16.9 Å². The van der Waals surface area contributed by atoms with Crippen LogP contribution < -0.4 is 10.1 Å². The van der Waals surface area contributed by atoms with E-state index in [1.54, 1.807) is 6.07 Å². The normalized spacial score (nSPS) is 10.2. The Bertz CT molecular complexity index is 551. The van der Waals surface area contributed by atoms with E-state index in [2.05, 4.69) is 5.32 Å². The van der Waals surface area contributed by atoms with Gasteiger partial charge in [0.1, 0.15) is 5.75 Å². The van der Waals surface area contributed by atoms with Crippen LogP contribution in [0.3, 0.4) is 0 Å². The lowest BCUT2D eigenvalue weighted by molar-refractivity contribution is 0.203.